The van der Waals surface area contributed by atoms with Crippen LogP contribution in [-0.2, 0) is 11.2 Å². The van der Waals surface area contributed by atoms with Gasteiger partial charge in [-0.05, 0) is 50.2 Å². The van der Waals surface area contributed by atoms with Gasteiger partial charge in [0.2, 0.25) is 5.91 Å². The van der Waals surface area contributed by atoms with E-state index in [9.17, 15) is 4.79 Å². The van der Waals surface area contributed by atoms with Gasteiger partial charge in [-0.3, -0.25) is 4.79 Å². The molecule has 1 saturated heterocycles. The Balaban J connectivity index is 1.68. The maximum Gasteiger partial charge on any atom is 0.226 e. The average molecular weight is 307 g/mol. The first kappa shape index (κ1) is 14.9. The number of rotatable bonds is 3. The van der Waals surface area contributed by atoms with Crippen molar-refractivity contribution >= 4 is 17.5 Å². The molecule has 2 fully saturated rings. The number of carbonyl (C=O) groups excluding carboxylic acids is 1. The quantitative estimate of drug-likeness (QED) is 0.933. The van der Waals surface area contributed by atoms with Gasteiger partial charge >= 0.3 is 0 Å². The highest BCUT2D eigenvalue weighted by Gasteiger charge is 2.36. The molecule has 0 bridgehead atoms. The van der Waals surface area contributed by atoms with Crippen LogP contribution in [-0.4, -0.2) is 29.4 Å². The molecule has 0 spiro atoms. The fourth-order valence-electron chi connectivity index (χ4n) is 3.73. The summed E-state index contributed by atoms with van der Waals surface area (Å²) in [5.74, 6) is 0.462. The molecule has 2 N–H and O–H groups in total. The molecule has 1 saturated carbocycles. The molecule has 4 heteroatoms. The molecular formula is C17H23ClN2O. The van der Waals surface area contributed by atoms with Crippen LogP contribution in [0, 0.1) is 5.92 Å². The zero-order valence-corrected chi connectivity index (χ0v) is 13.1. The summed E-state index contributed by atoms with van der Waals surface area (Å²) < 4.78 is 0. The van der Waals surface area contributed by atoms with Crippen molar-refractivity contribution in [3.05, 3.63) is 34.9 Å². The normalized spacial score (nSPS) is 29.0. The minimum absolute atomic E-state index is 0.145. The maximum atomic E-state index is 12.7. The van der Waals surface area contributed by atoms with E-state index in [-0.39, 0.29) is 12.0 Å². The Bertz CT molecular complexity index is 519. The molecule has 1 aromatic carbocycles. The summed E-state index contributed by atoms with van der Waals surface area (Å²) in [6, 6.07) is 8.46. The molecule has 114 valence electrons. The zero-order chi connectivity index (χ0) is 14.8. The van der Waals surface area contributed by atoms with Gasteiger partial charge in [-0.2, -0.15) is 0 Å². The molecule has 1 amide bonds. The number of likely N-dealkylation sites (tertiary alicyclic amines) is 1. The summed E-state index contributed by atoms with van der Waals surface area (Å²) in [6.07, 6.45) is 5.84. The van der Waals surface area contributed by atoms with Crippen molar-refractivity contribution < 1.29 is 4.79 Å². The van der Waals surface area contributed by atoms with Gasteiger partial charge in [0, 0.05) is 29.6 Å². The molecular weight excluding hydrogens is 284 g/mol. The number of nitrogens with two attached hydrogens (primary N) is 1. The number of benzene rings is 1. The van der Waals surface area contributed by atoms with Crippen LogP contribution in [0.5, 0.6) is 0 Å². The number of halogens is 1. The molecule has 21 heavy (non-hydrogen) atoms. The lowest BCUT2D eigenvalue weighted by Gasteiger charge is -2.28. The van der Waals surface area contributed by atoms with Crippen LogP contribution in [0.1, 0.15) is 37.7 Å². The molecule has 0 radical (unpaired) electrons. The first-order valence-electron chi connectivity index (χ1n) is 7.94. The first-order chi connectivity index (χ1) is 10.1. The van der Waals surface area contributed by atoms with E-state index in [0.717, 1.165) is 55.7 Å². The van der Waals surface area contributed by atoms with E-state index in [0.29, 0.717) is 11.9 Å². The van der Waals surface area contributed by atoms with Crippen LogP contribution in [0.3, 0.4) is 0 Å². The van der Waals surface area contributed by atoms with Crippen molar-refractivity contribution in [2.24, 2.45) is 11.7 Å². The Morgan fingerprint density at radius 1 is 1.29 bits per heavy atom. The van der Waals surface area contributed by atoms with Gasteiger partial charge in [-0.15, -0.1) is 0 Å². The first-order valence-corrected chi connectivity index (χ1v) is 8.32. The topological polar surface area (TPSA) is 46.3 Å². The second-order valence-electron chi connectivity index (χ2n) is 6.39. The summed E-state index contributed by atoms with van der Waals surface area (Å²) in [4.78, 5) is 14.8. The summed E-state index contributed by atoms with van der Waals surface area (Å²) in [5, 5.41) is 0.805. The summed E-state index contributed by atoms with van der Waals surface area (Å²) in [7, 11) is 0. The minimum atomic E-state index is 0.145. The molecule has 1 aliphatic carbocycles. The van der Waals surface area contributed by atoms with Gasteiger partial charge in [0.25, 0.3) is 0 Å². The molecule has 3 atom stereocenters. The number of nitrogens with zero attached hydrogens (tertiary/aromatic N) is 1. The molecule has 3 unspecified atom stereocenters. The third-order valence-electron chi connectivity index (χ3n) is 4.90. The molecule has 1 heterocycles. The third kappa shape index (κ3) is 3.24. The highest BCUT2D eigenvalue weighted by Crippen LogP contribution is 2.31. The SMILES string of the molecule is NC1CCC(C(=O)N2CCCC2Cc2ccccc2Cl)C1. The second-order valence-corrected chi connectivity index (χ2v) is 6.80. The van der Waals surface area contributed by atoms with Gasteiger partial charge in [0.1, 0.15) is 0 Å². The Morgan fingerprint density at radius 3 is 2.81 bits per heavy atom. The highest BCUT2D eigenvalue weighted by atomic mass is 35.5. The molecule has 1 aliphatic heterocycles. The fraction of sp³-hybridized carbons (Fsp3) is 0.588. The Kier molecular flexibility index (Phi) is 4.51. The number of amides is 1. The third-order valence-corrected chi connectivity index (χ3v) is 5.26. The van der Waals surface area contributed by atoms with E-state index in [1.54, 1.807) is 0 Å². The number of hydrogen-bond donors (Lipinski definition) is 1. The summed E-state index contributed by atoms with van der Waals surface area (Å²) in [6.45, 7) is 0.889. The van der Waals surface area contributed by atoms with E-state index < -0.39 is 0 Å². The van der Waals surface area contributed by atoms with Crippen molar-refractivity contribution in [3.63, 3.8) is 0 Å². The monoisotopic (exact) mass is 306 g/mol. The number of carbonyl (C=O) groups is 1. The molecule has 2 aliphatic rings. The molecule has 0 aromatic heterocycles. The minimum Gasteiger partial charge on any atom is -0.339 e. The van der Waals surface area contributed by atoms with Crippen LogP contribution in [0.4, 0.5) is 0 Å². The Hall–Kier alpha value is -1.06. The number of hydrogen-bond acceptors (Lipinski definition) is 2. The Morgan fingerprint density at radius 2 is 2.10 bits per heavy atom. The Labute approximate surface area is 131 Å². The smallest absolute Gasteiger partial charge is 0.226 e. The predicted molar refractivity (Wildman–Crippen MR) is 85.2 cm³/mol. The van der Waals surface area contributed by atoms with Crippen molar-refractivity contribution in [1.29, 1.82) is 0 Å². The lowest BCUT2D eigenvalue weighted by Crippen LogP contribution is -2.40. The van der Waals surface area contributed by atoms with E-state index in [1.807, 2.05) is 18.2 Å². The van der Waals surface area contributed by atoms with Crippen LogP contribution in [0.2, 0.25) is 5.02 Å². The van der Waals surface area contributed by atoms with Crippen molar-refractivity contribution in [1.82, 2.24) is 4.90 Å². The van der Waals surface area contributed by atoms with E-state index >= 15 is 0 Å². The summed E-state index contributed by atoms with van der Waals surface area (Å²) >= 11 is 6.26. The van der Waals surface area contributed by atoms with Crippen molar-refractivity contribution in [2.45, 2.75) is 50.6 Å². The van der Waals surface area contributed by atoms with Crippen LogP contribution in [0.25, 0.3) is 0 Å². The van der Waals surface area contributed by atoms with E-state index in [2.05, 4.69) is 11.0 Å². The van der Waals surface area contributed by atoms with Crippen LogP contribution >= 0.6 is 11.6 Å². The summed E-state index contributed by atoms with van der Waals surface area (Å²) in [5.41, 5.74) is 7.10. The zero-order valence-electron chi connectivity index (χ0n) is 12.3. The van der Waals surface area contributed by atoms with E-state index in [4.69, 9.17) is 17.3 Å². The van der Waals surface area contributed by atoms with Crippen LogP contribution in [0.15, 0.2) is 24.3 Å². The molecule has 3 nitrogen and oxygen atoms in total. The van der Waals surface area contributed by atoms with Crippen molar-refractivity contribution in [2.75, 3.05) is 6.54 Å². The van der Waals surface area contributed by atoms with Gasteiger partial charge in [0.15, 0.2) is 0 Å². The second kappa shape index (κ2) is 6.37. The fourth-order valence-corrected chi connectivity index (χ4v) is 3.94. The van der Waals surface area contributed by atoms with Gasteiger partial charge in [0.05, 0.1) is 0 Å². The van der Waals surface area contributed by atoms with Gasteiger partial charge < -0.3 is 10.6 Å². The largest absolute Gasteiger partial charge is 0.339 e. The molecule has 1 aromatic rings. The van der Waals surface area contributed by atoms with Gasteiger partial charge in [-0.25, -0.2) is 0 Å². The lowest BCUT2D eigenvalue weighted by atomic mass is 10.0. The lowest BCUT2D eigenvalue weighted by molar-refractivity contribution is -0.136. The van der Waals surface area contributed by atoms with Gasteiger partial charge in [-0.1, -0.05) is 29.8 Å². The van der Waals surface area contributed by atoms with Crippen molar-refractivity contribution in [3.8, 4) is 0 Å². The highest BCUT2D eigenvalue weighted by molar-refractivity contribution is 6.31. The average Bonchev–Trinajstić information content (AvgIpc) is 3.10. The predicted octanol–water partition coefficient (Wildman–Crippen LogP) is 3.00. The maximum absolute atomic E-state index is 12.7. The van der Waals surface area contributed by atoms with Crippen LogP contribution < -0.4 is 5.73 Å². The van der Waals surface area contributed by atoms with E-state index in [1.165, 1.54) is 0 Å². The molecule has 3 rings (SSSR count). The standard InChI is InChI=1S/C17H23ClN2O/c18-16-6-2-1-4-12(16)11-15-5-3-9-20(15)17(21)13-7-8-14(19)10-13/h1-2,4,6,13-15H,3,5,7-11,19H2.